The second-order valence-corrected chi connectivity index (χ2v) is 4.96. The number of aromatic nitrogens is 3. The fourth-order valence-electron chi connectivity index (χ4n) is 1.61. The Labute approximate surface area is 115 Å². The number of primary amides is 1. The maximum Gasteiger partial charge on any atom is 0.248 e. The standard InChI is InChI=1S/C12H15N5OS/c1-17-10(6-13)15-16-12(17)19-7-8-3-2-4-9(5-8)11(14)18/h2-5H,6-7,13H2,1H3,(H2,14,18). The summed E-state index contributed by atoms with van der Waals surface area (Å²) in [6.45, 7) is 0.362. The monoisotopic (exact) mass is 277 g/mol. The Morgan fingerprint density at radius 2 is 2.21 bits per heavy atom. The highest BCUT2D eigenvalue weighted by Crippen LogP contribution is 2.21. The Hall–Kier alpha value is -1.86. The van der Waals surface area contributed by atoms with Crippen molar-refractivity contribution in [2.24, 2.45) is 18.5 Å². The van der Waals surface area contributed by atoms with E-state index in [1.807, 2.05) is 23.7 Å². The molecule has 2 aromatic rings. The third kappa shape index (κ3) is 3.12. The highest BCUT2D eigenvalue weighted by Gasteiger charge is 2.08. The molecule has 0 aliphatic heterocycles. The maximum atomic E-state index is 11.1. The Morgan fingerprint density at radius 1 is 1.42 bits per heavy atom. The third-order valence-corrected chi connectivity index (χ3v) is 3.78. The predicted octanol–water partition coefficient (Wildman–Crippen LogP) is 0.665. The zero-order chi connectivity index (χ0) is 13.8. The molecule has 2 rings (SSSR count). The van der Waals surface area contributed by atoms with Crippen LogP contribution in [0.25, 0.3) is 0 Å². The molecule has 7 heteroatoms. The second-order valence-electron chi connectivity index (χ2n) is 4.02. The van der Waals surface area contributed by atoms with E-state index in [-0.39, 0.29) is 0 Å². The molecule has 0 spiro atoms. The van der Waals surface area contributed by atoms with Crippen LogP contribution in [0.3, 0.4) is 0 Å². The minimum Gasteiger partial charge on any atom is -0.366 e. The number of amides is 1. The summed E-state index contributed by atoms with van der Waals surface area (Å²) in [5, 5.41) is 8.84. The number of nitrogens with zero attached hydrogens (tertiary/aromatic N) is 3. The molecule has 1 amide bonds. The van der Waals surface area contributed by atoms with Crippen LogP contribution in [0.2, 0.25) is 0 Å². The third-order valence-electron chi connectivity index (χ3n) is 2.69. The molecule has 1 aromatic heterocycles. The first-order valence-electron chi connectivity index (χ1n) is 5.71. The lowest BCUT2D eigenvalue weighted by molar-refractivity contribution is 0.1000. The van der Waals surface area contributed by atoms with E-state index in [0.717, 1.165) is 16.5 Å². The van der Waals surface area contributed by atoms with Gasteiger partial charge >= 0.3 is 0 Å². The number of nitrogens with two attached hydrogens (primary N) is 2. The van der Waals surface area contributed by atoms with Gasteiger partial charge in [-0.15, -0.1) is 10.2 Å². The van der Waals surface area contributed by atoms with Gasteiger partial charge in [0.25, 0.3) is 0 Å². The van der Waals surface area contributed by atoms with Crippen LogP contribution < -0.4 is 11.5 Å². The molecular formula is C12H15N5OS. The summed E-state index contributed by atoms with van der Waals surface area (Å²) in [4.78, 5) is 11.1. The van der Waals surface area contributed by atoms with E-state index in [4.69, 9.17) is 11.5 Å². The minimum atomic E-state index is -0.420. The molecule has 6 nitrogen and oxygen atoms in total. The highest BCUT2D eigenvalue weighted by atomic mass is 32.2. The average molecular weight is 277 g/mol. The summed E-state index contributed by atoms with van der Waals surface area (Å²) < 4.78 is 1.86. The van der Waals surface area contributed by atoms with Crippen molar-refractivity contribution in [1.82, 2.24) is 14.8 Å². The van der Waals surface area contributed by atoms with Gasteiger partial charge in [0.2, 0.25) is 5.91 Å². The van der Waals surface area contributed by atoms with E-state index < -0.39 is 5.91 Å². The smallest absolute Gasteiger partial charge is 0.248 e. The van der Waals surface area contributed by atoms with Gasteiger partial charge in [-0.05, 0) is 17.7 Å². The topological polar surface area (TPSA) is 99.8 Å². The Kier molecular flexibility index (Phi) is 4.18. The van der Waals surface area contributed by atoms with Crippen molar-refractivity contribution in [2.75, 3.05) is 0 Å². The first-order valence-corrected chi connectivity index (χ1v) is 6.70. The second kappa shape index (κ2) is 5.85. The van der Waals surface area contributed by atoms with Gasteiger partial charge in [0.05, 0.1) is 6.54 Å². The number of benzene rings is 1. The molecule has 0 radical (unpaired) electrons. The van der Waals surface area contributed by atoms with Crippen LogP contribution >= 0.6 is 11.8 Å². The van der Waals surface area contributed by atoms with Crippen LogP contribution in [0.4, 0.5) is 0 Å². The number of rotatable bonds is 5. The fraction of sp³-hybridized carbons (Fsp3) is 0.250. The van der Waals surface area contributed by atoms with E-state index in [9.17, 15) is 4.79 Å². The molecule has 1 aromatic carbocycles. The van der Waals surface area contributed by atoms with Crippen molar-refractivity contribution >= 4 is 17.7 Å². The molecule has 0 aliphatic rings. The lowest BCUT2D eigenvalue weighted by Gasteiger charge is -2.04. The number of hydrogen-bond donors (Lipinski definition) is 2. The molecular weight excluding hydrogens is 262 g/mol. The number of carbonyl (C=O) groups is 1. The molecule has 0 saturated heterocycles. The van der Waals surface area contributed by atoms with Crippen LogP contribution in [0.5, 0.6) is 0 Å². The first-order chi connectivity index (χ1) is 9.11. The average Bonchev–Trinajstić information content (AvgIpc) is 2.77. The maximum absolute atomic E-state index is 11.1. The van der Waals surface area contributed by atoms with Gasteiger partial charge in [0, 0.05) is 18.4 Å². The molecule has 0 fully saturated rings. The molecule has 1 heterocycles. The van der Waals surface area contributed by atoms with Crippen molar-refractivity contribution in [3.63, 3.8) is 0 Å². The van der Waals surface area contributed by atoms with Gasteiger partial charge in [0.1, 0.15) is 5.82 Å². The minimum absolute atomic E-state index is 0.362. The van der Waals surface area contributed by atoms with Gasteiger partial charge in [-0.3, -0.25) is 4.79 Å². The number of carbonyl (C=O) groups excluding carboxylic acids is 1. The molecule has 0 aliphatic carbocycles. The number of thioether (sulfide) groups is 1. The van der Waals surface area contributed by atoms with Gasteiger partial charge in [-0.1, -0.05) is 23.9 Å². The van der Waals surface area contributed by atoms with Crippen LogP contribution in [-0.2, 0) is 19.3 Å². The van der Waals surface area contributed by atoms with Gasteiger partial charge < -0.3 is 16.0 Å². The van der Waals surface area contributed by atoms with Gasteiger partial charge in [-0.2, -0.15) is 0 Å². The van der Waals surface area contributed by atoms with Crippen LogP contribution in [0.15, 0.2) is 29.4 Å². The Morgan fingerprint density at radius 3 is 2.84 bits per heavy atom. The van der Waals surface area contributed by atoms with Gasteiger partial charge in [0.15, 0.2) is 5.16 Å². The van der Waals surface area contributed by atoms with E-state index >= 15 is 0 Å². The van der Waals surface area contributed by atoms with Crippen LogP contribution in [0.1, 0.15) is 21.7 Å². The summed E-state index contributed by atoms with van der Waals surface area (Å²) in [7, 11) is 1.88. The predicted molar refractivity (Wildman–Crippen MR) is 73.4 cm³/mol. The SMILES string of the molecule is Cn1c(CN)nnc1SCc1cccc(C(N)=O)c1. The molecule has 0 atom stereocenters. The van der Waals surface area contributed by atoms with E-state index in [1.54, 1.807) is 12.1 Å². The van der Waals surface area contributed by atoms with Crippen molar-refractivity contribution in [2.45, 2.75) is 17.5 Å². The van der Waals surface area contributed by atoms with E-state index in [0.29, 0.717) is 17.9 Å². The summed E-state index contributed by atoms with van der Waals surface area (Å²) >= 11 is 1.54. The zero-order valence-corrected chi connectivity index (χ0v) is 11.4. The Balaban J connectivity index is 2.08. The lowest BCUT2D eigenvalue weighted by Crippen LogP contribution is -2.10. The normalized spacial score (nSPS) is 10.6. The molecule has 100 valence electrons. The van der Waals surface area contributed by atoms with Crippen LogP contribution in [0, 0.1) is 0 Å². The fourth-order valence-corrected chi connectivity index (χ4v) is 2.48. The molecule has 19 heavy (non-hydrogen) atoms. The quantitative estimate of drug-likeness (QED) is 0.782. The summed E-state index contributed by atoms with van der Waals surface area (Å²) in [6, 6.07) is 7.25. The zero-order valence-electron chi connectivity index (χ0n) is 10.5. The van der Waals surface area contributed by atoms with E-state index in [2.05, 4.69) is 10.2 Å². The summed E-state index contributed by atoms with van der Waals surface area (Å²) in [5.74, 6) is 1.02. The van der Waals surface area contributed by atoms with Crippen molar-refractivity contribution in [3.8, 4) is 0 Å². The van der Waals surface area contributed by atoms with E-state index in [1.165, 1.54) is 11.8 Å². The highest BCUT2D eigenvalue weighted by molar-refractivity contribution is 7.98. The van der Waals surface area contributed by atoms with Crippen molar-refractivity contribution < 1.29 is 4.79 Å². The first kappa shape index (κ1) is 13.6. The number of hydrogen-bond acceptors (Lipinski definition) is 5. The largest absolute Gasteiger partial charge is 0.366 e. The molecule has 0 bridgehead atoms. The summed E-state index contributed by atoms with van der Waals surface area (Å²) in [5.41, 5.74) is 12.3. The molecule has 0 unspecified atom stereocenters. The molecule has 0 saturated carbocycles. The van der Waals surface area contributed by atoms with Gasteiger partial charge in [-0.25, -0.2) is 0 Å². The van der Waals surface area contributed by atoms with Crippen molar-refractivity contribution in [3.05, 3.63) is 41.2 Å². The van der Waals surface area contributed by atoms with Crippen LogP contribution in [-0.4, -0.2) is 20.7 Å². The summed E-state index contributed by atoms with van der Waals surface area (Å²) in [6.07, 6.45) is 0. The lowest BCUT2D eigenvalue weighted by atomic mass is 10.1. The molecule has 4 N–H and O–H groups in total. The Bertz CT molecular complexity index is 596. The van der Waals surface area contributed by atoms with Crippen molar-refractivity contribution in [1.29, 1.82) is 0 Å².